The maximum absolute atomic E-state index is 11.9. The van der Waals surface area contributed by atoms with Gasteiger partial charge in [-0.25, -0.2) is 5.84 Å². The van der Waals surface area contributed by atoms with Crippen molar-refractivity contribution in [1.82, 2.24) is 9.99 Å². The first kappa shape index (κ1) is 14.8. The smallest absolute Gasteiger partial charge is 0.270 e. The zero-order valence-corrected chi connectivity index (χ0v) is 11.9. The third-order valence-electron chi connectivity index (χ3n) is 3.04. The molecule has 1 heterocycles. The van der Waals surface area contributed by atoms with Crippen LogP contribution in [0.2, 0.25) is 0 Å². The minimum absolute atomic E-state index is 0.0191. The summed E-state index contributed by atoms with van der Waals surface area (Å²) in [6.45, 7) is 4.20. The van der Waals surface area contributed by atoms with E-state index in [2.05, 4.69) is 0 Å². The highest BCUT2D eigenvalue weighted by molar-refractivity contribution is 5.93. The molecule has 0 saturated carbocycles. The number of nitrogens with two attached hydrogens (primary N) is 1. The van der Waals surface area contributed by atoms with Gasteiger partial charge in [-0.05, 0) is 26.0 Å². The molecule has 21 heavy (non-hydrogen) atoms. The van der Waals surface area contributed by atoms with Crippen molar-refractivity contribution in [1.29, 1.82) is 0 Å². The molecule has 110 valence electrons. The SMILES string of the molecule is CCOc1ccccc1-n1cc(C(=O)NN)c(=O)cc1C. The Kier molecular flexibility index (Phi) is 4.39. The summed E-state index contributed by atoms with van der Waals surface area (Å²) in [6, 6.07) is 8.80. The quantitative estimate of drug-likeness (QED) is 0.502. The van der Waals surface area contributed by atoms with Gasteiger partial charge in [-0.3, -0.25) is 15.0 Å². The van der Waals surface area contributed by atoms with E-state index in [-0.39, 0.29) is 11.0 Å². The molecule has 2 rings (SSSR count). The Morgan fingerprint density at radius 2 is 2.10 bits per heavy atom. The fourth-order valence-electron chi connectivity index (χ4n) is 2.07. The summed E-state index contributed by atoms with van der Waals surface area (Å²) >= 11 is 0. The van der Waals surface area contributed by atoms with Crippen LogP contribution in [0, 0.1) is 6.92 Å². The molecule has 0 saturated heterocycles. The van der Waals surface area contributed by atoms with E-state index in [0.717, 1.165) is 5.69 Å². The van der Waals surface area contributed by atoms with Crippen molar-refractivity contribution in [2.75, 3.05) is 6.61 Å². The largest absolute Gasteiger partial charge is 0.492 e. The van der Waals surface area contributed by atoms with Crippen molar-refractivity contribution >= 4 is 5.91 Å². The van der Waals surface area contributed by atoms with Crippen LogP contribution in [0.15, 0.2) is 41.3 Å². The second-order valence-electron chi connectivity index (χ2n) is 4.44. The summed E-state index contributed by atoms with van der Waals surface area (Å²) < 4.78 is 7.31. The van der Waals surface area contributed by atoms with Gasteiger partial charge in [0.05, 0.1) is 12.3 Å². The number of hydrazine groups is 1. The third-order valence-corrected chi connectivity index (χ3v) is 3.04. The van der Waals surface area contributed by atoms with Gasteiger partial charge in [-0.15, -0.1) is 0 Å². The molecule has 0 aliphatic heterocycles. The number of hydrogen-bond donors (Lipinski definition) is 2. The average Bonchev–Trinajstić information content (AvgIpc) is 2.48. The molecule has 0 atom stereocenters. The van der Waals surface area contributed by atoms with Crippen molar-refractivity contribution in [3.63, 3.8) is 0 Å². The highest BCUT2D eigenvalue weighted by Crippen LogP contribution is 2.23. The number of amides is 1. The number of rotatable bonds is 4. The Morgan fingerprint density at radius 1 is 1.38 bits per heavy atom. The van der Waals surface area contributed by atoms with Crippen LogP contribution in [0.1, 0.15) is 23.0 Å². The molecule has 2 aromatic rings. The van der Waals surface area contributed by atoms with Gasteiger partial charge < -0.3 is 9.30 Å². The summed E-state index contributed by atoms with van der Waals surface area (Å²) in [5, 5.41) is 0. The normalized spacial score (nSPS) is 10.2. The molecule has 0 unspecified atom stereocenters. The molecule has 1 amide bonds. The number of nitrogens with one attached hydrogen (secondary N) is 1. The molecule has 0 fully saturated rings. The molecule has 0 bridgehead atoms. The van der Waals surface area contributed by atoms with Crippen molar-refractivity contribution < 1.29 is 9.53 Å². The molecule has 6 nitrogen and oxygen atoms in total. The van der Waals surface area contributed by atoms with Gasteiger partial charge in [-0.2, -0.15) is 0 Å². The van der Waals surface area contributed by atoms with E-state index < -0.39 is 5.91 Å². The van der Waals surface area contributed by atoms with Crippen molar-refractivity contribution in [2.45, 2.75) is 13.8 Å². The summed E-state index contributed by atoms with van der Waals surface area (Å²) in [5.74, 6) is 5.15. The summed E-state index contributed by atoms with van der Waals surface area (Å²) in [7, 11) is 0. The van der Waals surface area contributed by atoms with Gasteiger partial charge in [0, 0.05) is 18.0 Å². The maximum Gasteiger partial charge on any atom is 0.270 e. The Bertz CT molecular complexity index is 722. The minimum Gasteiger partial charge on any atom is -0.492 e. The first-order valence-electron chi connectivity index (χ1n) is 6.55. The fraction of sp³-hybridized carbons (Fsp3) is 0.200. The first-order valence-corrected chi connectivity index (χ1v) is 6.55. The van der Waals surface area contributed by atoms with Gasteiger partial charge >= 0.3 is 0 Å². The van der Waals surface area contributed by atoms with E-state index >= 15 is 0 Å². The molecular weight excluding hydrogens is 270 g/mol. The van der Waals surface area contributed by atoms with Crippen LogP contribution in [0.25, 0.3) is 5.69 Å². The predicted molar refractivity (Wildman–Crippen MR) is 79.6 cm³/mol. The molecule has 1 aromatic heterocycles. The zero-order chi connectivity index (χ0) is 15.4. The van der Waals surface area contributed by atoms with Gasteiger partial charge in [0.1, 0.15) is 11.3 Å². The number of aryl methyl sites for hydroxylation is 1. The second kappa shape index (κ2) is 6.23. The van der Waals surface area contributed by atoms with E-state index in [9.17, 15) is 9.59 Å². The van der Waals surface area contributed by atoms with Crippen molar-refractivity contribution in [3.05, 3.63) is 58.0 Å². The van der Waals surface area contributed by atoms with Crippen molar-refractivity contribution in [2.24, 2.45) is 5.84 Å². The second-order valence-corrected chi connectivity index (χ2v) is 4.44. The molecule has 0 aliphatic carbocycles. The van der Waals surface area contributed by atoms with Gasteiger partial charge in [0.25, 0.3) is 5.91 Å². The fourth-order valence-corrected chi connectivity index (χ4v) is 2.07. The Hall–Kier alpha value is -2.60. The maximum atomic E-state index is 11.9. The highest BCUT2D eigenvalue weighted by atomic mass is 16.5. The monoisotopic (exact) mass is 287 g/mol. The topological polar surface area (TPSA) is 86.3 Å². The first-order chi connectivity index (χ1) is 10.1. The van der Waals surface area contributed by atoms with Crippen LogP contribution >= 0.6 is 0 Å². The summed E-state index contributed by atoms with van der Waals surface area (Å²) in [4.78, 5) is 23.5. The number of ether oxygens (including phenoxy) is 1. The van der Waals surface area contributed by atoms with Crippen LogP contribution in [0.3, 0.4) is 0 Å². The van der Waals surface area contributed by atoms with Gasteiger partial charge in [0.15, 0.2) is 5.43 Å². The molecule has 3 N–H and O–H groups in total. The number of para-hydroxylation sites is 2. The third kappa shape index (κ3) is 2.95. The molecular formula is C15H17N3O3. The number of benzene rings is 1. The lowest BCUT2D eigenvalue weighted by atomic mass is 10.2. The highest BCUT2D eigenvalue weighted by Gasteiger charge is 2.13. The zero-order valence-electron chi connectivity index (χ0n) is 11.9. The van der Waals surface area contributed by atoms with E-state index in [1.807, 2.05) is 36.6 Å². The number of carbonyl (C=O) groups is 1. The van der Waals surface area contributed by atoms with Crippen molar-refractivity contribution in [3.8, 4) is 11.4 Å². The van der Waals surface area contributed by atoms with Crippen LogP contribution in [-0.4, -0.2) is 17.1 Å². The lowest BCUT2D eigenvalue weighted by molar-refractivity contribution is 0.0952. The van der Waals surface area contributed by atoms with Crippen LogP contribution in [0.5, 0.6) is 5.75 Å². The Labute approximate surface area is 122 Å². The number of nitrogen functional groups attached to an aromatic ring is 1. The summed E-state index contributed by atoms with van der Waals surface area (Å²) in [6.07, 6.45) is 1.47. The van der Waals surface area contributed by atoms with Crippen LogP contribution in [0.4, 0.5) is 0 Å². The van der Waals surface area contributed by atoms with Crippen LogP contribution < -0.4 is 21.4 Å². The number of hydrogen-bond acceptors (Lipinski definition) is 4. The molecule has 1 aromatic carbocycles. The van der Waals surface area contributed by atoms with E-state index in [0.29, 0.717) is 18.1 Å². The van der Waals surface area contributed by atoms with Crippen LogP contribution in [-0.2, 0) is 0 Å². The molecule has 6 heteroatoms. The van der Waals surface area contributed by atoms with Gasteiger partial charge in [-0.1, -0.05) is 12.1 Å². The Balaban J connectivity index is 2.64. The van der Waals surface area contributed by atoms with E-state index in [4.69, 9.17) is 10.6 Å². The molecule has 0 radical (unpaired) electrons. The average molecular weight is 287 g/mol. The lowest BCUT2D eigenvalue weighted by Gasteiger charge is -2.16. The number of carbonyl (C=O) groups excluding carboxylic acids is 1. The standard InChI is InChI=1S/C15H17N3O3/c1-3-21-14-7-5-4-6-12(14)18-9-11(15(20)17-16)13(19)8-10(18)2/h4-9H,3,16H2,1-2H3,(H,17,20). The molecule has 0 aliphatic rings. The molecule has 0 spiro atoms. The Morgan fingerprint density at radius 3 is 2.76 bits per heavy atom. The number of nitrogens with zero attached hydrogens (tertiary/aromatic N) is 1. The summed E-state index contributed by atoms with van der Waals surface area (Å²) in [5.41, 5.74) is 3.03. The van der Waals surface area contributed by atoms with Gasteiger partial charge in [0.2, 0.25) is 0 Å². The number of pyridine rings is 1. The van der Waals surface area contributed by atoms with E-state index in [1.54, 1.807) is 11.5 Å². The number of aromatic nitrogens is 1. The lowest BCUT2D eigenvalue weighted by Crippen LogP contribution is -2.34. The minimum atomic E-state index is -0.623. The van der Waals surface area contributed by atoms with E-state index in [1.165, 1.54) is 12.3 Å². The predicted octanol–water partition coefficient (Wildman–Crippen LogP) is 1.15.